The number of rotatable bonds is 7. The molecule has 148 valence electrons. The summed E-state index contributed by atoms with van der Waals surface area (Å²) in [6.07, 6.45) is 4.61. The fourth-order valence-electron chi connectivity index (χ4n) is 3.41. The molecule has 1 aliphatic rings. The van der Waals surface area contributed by atoms with E-state index in [1.807, 2.05) is 61.2 Å². The van der Waals surface area contributed by atoms with Crippen LogP contribution < -0.4 is 4.74 Å². The Hall–Kier alpha value is -2.59. The van der Waals surface area contributed by atoms with Crippen LogP contribution in [-0.2, 0) is 4.79 Å². The number of carbonyl (C=O) groups excluding carboxylic acids is 1. The quantitative estimate of drug-likeness (QED) is 0.730. The van der Waals surface area contributed by atoms with E-state index >= 15 is 0 Å². The van der Waals surface area contributed by atoms with Crippen molar-refractivity contribution < 1.29 is 9.53 Å². The van der Waals surface area contributed by atoms with Gasteiger partial charge in [0.2, 0.25) is 0 Å². The molecule has 4 heteroatoms. The zero-order valence-electron chi connectivity index (χ0n) is 16.9. The highest BCUT2D eigenvalue weighted by molar-refractivity contribution is 5.81. The predicted octanol–water partition coefficient (Wildman–Crippen LogP) is 4.01. The van der Waals surface area contributed by atoms with Crippen LogP contribution in [-0.4, -0.2) is 54.5 Å². The summed E-state index contributed by atoms with van der Waals surface area (Å²) in [7, 11) is 0. The van der Waals surface area contributed by atoms with Crippen LogP contribution in [0.3, 0.4) is 0 Å². The number of carbonyl (C=O) groups is 1. The van der Waals surface area contributed by atoms with Gasteiger partial charge in [0, 0.05) is 32.7 Å². The Labute approximate surface area is 168 Å². The minimum atomic E-state index is -0.411. The second kappa shape index (κ2) is 10.1. The van der Waals surface area contributed by atoms with E-state index < -0.39 is 6.10 Å². The minimum absolute atomic E-state index is 0.102. The van der Waals surface area contributed by atoms with Gasteiger partial charge >= 0.3 is 0 Å². The van der Waals surface area contributed by atoms with E-state index in [0.717, 1.165) is 44.0 Å². The molecule has 0 aromatic heterocycles. The van der Waals surface area contributed by atoms with E-state index in [1.54, 1.807) is 0 Å². The van der Waals surface area contributed by atoms with Gasteiger partial charge in [-0.3, -0.25) is 9.69 Å². The minimum Gasteiger partial charge on any atom is -0.480 e. The molecular formula is C24H30N2O2. The number of para-hydroxylation sites is 1. The Kier molecular flexibility index (Phi) is 7.26. The molecule has 0 saturated carbocycles. The number of aryl methyl sites for hydroxylation is 1. The molecule has 1 heterocycles. The van der Waals surface area contributed by atoms with E-state index in [0.29, 0.717) is 6.42 Å². The number of hydrogen-bond donors (Lipinski definition) is 0. The molecule has 0 spiro atoms. The van der Waals surface area contributed by atoms with Crippen LogP contribution in [0, 0.1) is 6.92 Å². The van der Waals surface area contributed by atoms with Crippen LogP contribution in [0.1, 0.15) is 24.5 Å². The Morgan fingerprint density at radius 3 is 2.39 bits per heavy atom. The van der Waals surface area contributed by atoms with Gasteiger partial charge in [0.1, 0.15) is 5.75 Å². The molecule has 1 aliphatic heterocycles. The predicted molar refractivity (Wildman–Crippen MR) is 114 cm³/mol. The third-order valence-corrected chi connectivity index (χ3v) is 5.17. The molecule has 1 amide bonds. The summed E-state index contributed by atoms with van der Waals surface area (Å²) in [5.41, 5.74) is 2.28. The molecular weight excluding hydrogens is 348 g/mol. The highest BCUT2D eigenvalue weighted by atomic mass is 16.5. The monoisotopic (exact) mass is 378 g/mol. The van der Waals surface area contributed by atoms with Gasteiger partial charge in [-0.15, -0.1) is 0 Å². The first-order valence-corrected chi connectivity index (χ1v) is 10.1. The van der Waals surface area contributed by atoms with Gasteiger partial charge in [-0.05, 0) is 30.5 Å². The van der Waals surface area contributed by atoms with E-state index in [-0.39, 0.29) is 5.91 Å². The lowest BCUT2D eigenvalue weighted by Gasteiger charge is -2.35. The first-order chi connectivity index (χ1) is 13.7. The fourth-order valence-corrected chi connectivity index (χ4v) is 3.41. The summed E-state index contributed by atoms with van der Waals surface area (Å²) in [4.78, 5) is 17.2. The molecule has 0 radical (unpaired) electrons. The van der Waals surface area contributed by atoms with Crippen molar-refractivity contribution in [3.05, 3.63) is 71.8 Å². The largest absolute Gasteiger partial charge is 0.480 e. The van der Waals surface area contributed by atoms with E-state index in [1.165, 1.54) is 5.56 Å². The molecule has 0 unspecified atom stereocenters. The van der Waals surface area contributed by atoms with Crippen LogP contribution in [0.2, 0.25) is 0 Å². The molecule has 2 aromatic rings. The number of amides is 1. The Morgan fingerprint density at radius 2 is 1.71 bits per heavy atom. The smallest absolute Gasteiger partial charge is 0.263 e. The Balaban J connectivity index is 1.48. The van der Waals surface area contributed by atoms with Crippen molar-refractivity contribution >= 4 is 12.0 Å². The van der Waals surface area contributed by atoms with Crippen LogP contribution in [0.25, 0.3) is 6.08 Å². The summed E-state index contributed by atoms with van der Waals surface area (Å²) < 4.78 is 6.03. The molecule has 0 bridgehead atoms. The van der Waals surface area contributed by atoms with Crippen molar-refractivity contribution in [2.45, 2.75) is 26.4 Å². The van der Waals surface area contributed by atoms with E-state index in [9.17, 15) is 4.79 Å². The number of hydrogen-bond acceptors (Lipinski definition) is 3. The Bertz CT molecular complexity index is 780. The molecule has 1 saturated heterocycles. The lowest BCUT2D eigenvalue weighted by molar-refractivity contribution is -0.140. The normalized spacial score (nSPS) is 16.3. The van der Waals surface area contributed by atoms with Crippen molar-refractivity contribution in [3.8, 4) is 5.75 Å². The topological polar surface area (TPSA) is 32.8 Å². The zero-order valence-corrected chi connectivity index (χ0v) is 16.9. The van der Waals surface area contributed by atoms with Gasteiger partial charge in [-0.25, -0.2) is 0 Å². The highest BCUT2D eigenvalue weighted by Crippen LogP contribution is 2.20. The third-order valence-electron chi connectivity index (χ3n) is 5.17. The lowest BCUT2D eigenvalue weighted by Crippen LogP contribution is -2.52. The van der Waals surface area contributed by atoms with Gasteiger partial charge in [0.05, 0.1) is 0 Å². The van der Waals surface area contributed by atoms with Gasteiger partial charge in [-0.1, -0.05) is 67.6 Å². The van der Waals surface area contributed by atoms with Crippen molar-refractivity contribution in [2.24, 2.45) is 0 Å². The molecule has 28 heavy (non-hydrogen) atoms. The van der Waals surface area contributed by atoms with Crippen LogP contribution >= 0.6 is 0 Å². The first kappa shape index (κ1) is 20.2. The Morgan fingerprint density at radius 1 is 1.04 bits per heavy atom. The standard InChI is InChI=1S/C24H30N2O2/c1-3-22(28-23-14-8-7-10-20(23)2)24(27)26-18-16-25(17-19-26)15-9-13-21-11-5-4-6-12-21/h4-14,22H,3,15-19H2,1-2H3/b13-9+/t22-/m1/s1. The van der Waals surface area contributed by atoms with Crippen LogP contribution in [0.15, 0.2) is 60.7 Å². The van der Waals surface area contributed by atoms with E-state index in [4.69, 9.17) is 4.74 Å². The van der Waals surface area contributed by atoms with Crippen LogP contribution in [0.4, 0.5) is 0 Å². The molecule has 1 fully saturated rings. The number of piperazine rings is 1. The first-order valence-electron chi connectivity index (χ1n) is 10.1. The average Bonchev–Trinajstić information content (AvgIpc) is 2.74. The number of benzene rings is 2. The fraction of sp³-hybridized carbons (Fsp3) is 0.375. The summed E-state index contributed by atoms with van der Waals surface area (Å²) >= 11 is 0. The maximum Gasteiger partial charge on any atom is 0.263 e. The average molecular weight is 379 g/mol. The van der Waals surface area contributed by atoms with Gasteiger partial charge in [0.15, 0.2) is 6.10 Å². The molecule has 0 N–H and O–H groups in total. The SMILES string of the molecule is CC[C@@H](Oc1ccccc1C)C(=O)N1CCN(C/C=C/c2ccccc2)CC1. The van der Waals surface area contributed by atoms with Gasteiger partial charge in [-0.2, -0.15) is 0 Å². The van der Waals surface area contributed by atoms with Crippen LogP contribution in [0.5, 0.6) is 5.75 Å². The van der Waals surface area contributed by atoms with Crippen molar-refractivity contribution in [2.75, 3.05) is 32.7 Å². The summed E-state index contributed by atoms with van der Waals surface area (Å²) in [5, 5.41) is 0. The van der Waals surface area contributed by atoms with Crippen molar-refractivity contribution in [1.82, 2.24) is 9.80 Å². The van der Waals surface area contributed by atoms with Gasteiger partial charge < -0.3 is 9.64 Å². The zero-order chi connectivity index (χ0) is 19.8. The maximum atomic E-state index is 12.9. The molecule has 0 aliphatic carbocycles. The summed E-state index contributed by atoms with van der Waals surface area (Å²) in [6.45, 7) is 8.22. The van der Waals surface area contributed by atoms with E-state index in [2.05, 4.69) is 29.2 Å². The second-order valence-electron chi connectivity index (χ2n) is 7.22. The second-order valence-corrected chi connectivity index (χ2v) is 7.22. The highest BCUT2D eigenvalue weighted by Gasteiger charge is 2.27. The van der Waals surface area contributed by atoms with Crippen molar-refractivity contribution in [3.63, 3.8) is 0 Å². The lowest BCUT2D eigenvalue weighted by atomic mass is 10.2. The van der Waals surface area contributed by atoms with Crippen molar-refractivity contribution in [1.29, 1.82) is 0 Å². The molecule has 2 aromatic carbocycles. The molecule has 4 nitrogen and oxygen atoms in total. The third kappa shape index (κ3) is 5.46. The number of nitrogens with zero attached hydrogens (tertiary/aromatic N) is 2. The molecule has 1 atom stereocenters. The summed E-state index contributed by atoms with van der Waals surface area (Å²) in [5.74, 6) is 0.901. The summed E-state index contributed by atoms with van der Waals surface area (Å²) in [6, 6.07) is 18.2. The number of ether oxygens (including phenoxy) is 1. The van der Waals surface area contributed by atoms with Gasteiger partial charge in [0.25, 0.3) is 5.91 Å². The maximum absolute atomic E-state index is 12.9. The molecule has 3 rings (SSSR count).